The van der Waals surface area contributed by atoms with E-state index in [-0.39, 0.29) is 97.0 Å². The number of carbonyl (C=O) groups excluding carboxylic acids is 9. The zero-order chi connectivity index (χ0) is 96.5. The van der Waals surface area contributed by atoms with Crippen molar-refractivity contribution in [2.75, 3.05) is 214 Å². The number of amides is 9. The van der Waals surface area contributed by atoms with Crippen molar-refractivity contribution in [3.8, 4) is 22.8 Å². The molecular weight excluding hydrogens is 1800 g/mol. The summed E-state index contributed by atoms with van der Waals surface area (Å²) >= 11 is 0. The minimum Gasteiger partial charge on any atom is -0.481 e. The molecule has 6 N–H and O–H groups in total. The van der Waals surface area contributed by atoms with Crippen molar-refractivity contribution >= 4 is 105 Å². The maximum Gasteiger partial charge on any atom is 0.305 e. The van der Waals surface area contributed by atoms with Gasteiger partial charge in [0.1, 0.15) is 58.4 Å². The van der Waals surface area contributed by atoms with Crippen molar-refractivity contribution in [2.45, 2.75) is 88.4 Å². The standard InChI is InChI=1S/C49H55FN10O9.C25H26FN7.C24H31N3O10/c50-34-5-1-4-33(30-34)39-7-3-17-58(39)44-13-12-42-52-32-41(60(42)55-44)38-6-2-8-43(53-38)56-18-20-57(21-19-56)46(62)15-22-66-24-26-68-28-29-69-27-25-67-23-16-51-35-9-10-36-37(31-35)49(65)59(48(36)64)40-11-14-45(61)54-47(40)63;26-19-5-1-4-18(16-19)21-7-3-13-32(21)25-10-9-23-28-17-22(33(23)30-25)20-6-2-8-24(29-20)31-14-11-27-12-15-31;28-20-4-3-19(22(31)26-20)27-23(32)17-2-1-16(15-18(17)24(27)33)25-6-8-35-10-12-37-14-13-36-11-9-34-7-5-21(29)30/h1-2,4-6,8-10,12-13,30-32,39-40,51H,3,7,11,14-29H2,(H,54,61,63);1-2,4-6,8-10,16-17,21,27H,3,7,11-15H2;1-2,15,19,25H,3-14H2,(H,29,30)(H,26,28,31)/t39-,40?;21-;/m11./s1. The van der Waals surface area contributed by atoms with E-state index in [1.54, 1.807) is 66.9 Å². The van der Waals surface area contributed by atoms with E-state index >= 15 is 0 Å². The Kier molecular flexibility index (Phi) is 33.9. The average molecular weight is 1910 g/mol. The number of pyridine rings is 2. The third-order valence-corrected chi connectivity index (χ3v) is 24.8. The molecule has 0 saturated carbocycles. The van der Waals surface area contributed by atoms with Gasteiger partial charge >= 0.3 is 5.97 Å². The first kappa shape index (κ1) is 98.3. The van der Waals surface area contributed by atoms with Crippen LogP contribution in [-0.2, 0) is 66.7 Å². The van der Waals surface area contributed by atoms with Gasteiger partial charge in [-0.25, -0.2) is 37.7 Å². The molecule has 9 amide bonds. The predicted octanol–water partition coefficient (Wildman–Crippen LogP) is 7.61. The molecule has 0 spiro atoms. The zero-order valence-corrected chi connectivity index (χ0v) is 77.0. The predicted molar refractivity (Wildman–Crippen MR) is 504 cm³/mol. The summed E-state index contributed by atoms with van der Waals surface area (Å²) < 4.78 is 75.4. The van der Waals surface area contributed by atoms with E-state index in [2.05, 4.69) is 62.2 Å². The second-order valence-corrected chi connectivity index (χ2v) is 34.0. The maximum atomic E-state index is 14.1. The number of hydrogen-bond donors (Lipinski definition) is 6. The first-order chi connectivity index (χ1) is 67.9. The number of carboxylic acids is 1. The normalized spacial score (nSPS) is 18.2. The number of ether oxygens (including phenoxy) is 8. The van der Waals surface area contributed by atoms with E-state index in [1.165, 1.54) is 12.1 Å². The van der Waals surface area contributed by atoms with Gasteiger partial charge in [0, 0.05) is 103 Å². The van der Waals surface area contributed by atoms with Crippen LogP contribution >= 0.6 is 0 Å². The number of nitrogens with one attached hydrogen (secondary N) is 5. The fourth-order valence-corrected chi connectivity index (χ4v) is 17.8. The van der Waals surface area contributed by atoms with Gasteiger partial charge in [0.05, 0.1) is 177 Å². The van der Waals surface area contributed by atoms with Crippen molar-refractivity contribution < 1.29 is 99.7 Å². The van der Waals surface area contributed by atoms with E-state index in [0.717, 1.165) is 138 Å². The molecule has 6 saturated heterocycles. The Balaban J connectivity index is 0.000000167. The molecule has 2 unspecified atom stereocenters. The first-order valence-electron chi connectivity index (χ1n) is 47.1. The molecule has 41 heteroatoms. The fourth-order valence-electron chi connectivity index (χ4n) is 17.8. The van der Waals surface area contributed by atoms with Crippen LogP contribution in [0, 0.1) is 11.6 Å². The lowest BCUT2D eigenvalue weighted by Gasteiger charge is -2.35. The number of imide groups is 4. The number of anilines is 6. The van der Waals surface area contributed by atoms with Gasteiger partial charge in [0.25, 0.3) is 23.6 Å². The molecular formula is C98H112F2N20O19. The summed E-state index contributed by atoms with van der Waals surface area (Å²) in [4.78, 5) is 154. The monoisotopic (exact) mass is 1910 g/mol. The summed E-state index contributed by atoms with van der Waals surface area (Å²) in [5.74, 6) is -2.14. The van der Waals surface area contributed by atoms with Crippen LogP contribution in [0.5, 0.6) is 0 Å². The van der Waals surface area contributed by atoms with Crippen molar-refractivity contribution in [1.82, 2.24) is 69.8 Å². The smallest absolute Gasteiger partial charge is 0.305 e. The number of carbonyl (C=O) groups is 10. The lowest BCUT2D eigenvalue weighted by atomic mass is 10.0. The van der Waals surface area contributed by atoms with Gasteiger partial charge < -0.3 is 83.5 Å². The molecule has 0 radical (unpaired) electrons. The van der Waals surface area contributed by atoms with Gasteiger partial charge in [-0.05, 0) is 159 Å². The Morgan fingerprint density at radius 3 is 1.23 bits per heavy atom. The van der Waals surface area contributed by atoms with E-state index in [1.807, 2.05) is 86.9 Å². The second-order valence-electron chi connectivity index (χ2n) is 34.0. The van der Waals surface area contributed by atoms with E-state index in [4.69, 9.17) is 63.2 Å². The average Bonchev–Trinajstić information content (AvgIpc) is 1.61. The quantitative estimate of drug-likeness (QED) is 0.0158. The molecule has 14 heterocycles. The highest BCUT2D eigenvalue weighted by molar-refractivity contribution is 6.25. The number of nitrogens with zero attached hydrogens (tertiary/aromatic N) is 15. The number of hydrogen-bond acceptors (Lipinski definition) is 31. The van der Waals surface area contributed by atoms with E-state index < -0.39 is 65.3 Å². The van der Waals surface area contributed by atoms with Crippen LogP contribution in [0.1, 0.15) is 129 Å². The second kappa shape index (κ2) is 48.0. The lowest BCUT2D eigenvalue weighted by Crippen LogP contribution is -2.54. The van der Waals surface area contributed by atoms with E-state index in [0.29, 0.717) is 155 Å². The molecule has 8 aliphatic heterocycles. The van der Waals surface area contributed by atoms with Gasteiger partial charge in [0.2, 0.25) is 29.5 Å². The van der Waals surface area contributed by atoms with Crippen molar-refractivity contribution in [2.24, 2.45) is 0 Å². The number of imidazole rings is 2. The van der Waals surface area contributed by atoms with Crippen molar-refractivity contribution in [3.05, 3.63) is 203 Å². The molecule has 4 atom stereocenters. The molecule has 18 rings (SSSR count). The SMILES string of the molecule is Fc1cccc([C@H]2CCCN2c2ccc3ncc(-c4cccc(N5CCNCC5)n4)n3n2)c1.O=C(O)CCOCCOCCOCCOCCNc1ccc2c(c1)C(=O)N(C1CCC(=O)NC1=O)C2=O.O=C1CCC(N2C(=O)c3ccc(NCCOCCOCCOCCOCCC(=O)N4CCN(c5cccc(-c6cnc7ccc(N8CCC[C@@H]8c8cccc(F)c8)nn67)n5)CC4)cc3C2=O)C(=O)N1. The topological polar surface area (TPSA) is 434 Å². The molecule has 10 aromatic rings. The Hall–Kier alpha value is -13.8. The molecule has 6 fully saturated rings. The van der Waals surface area contributed by atoms with Crippen LogP contribution in [0.2, 0.25) is 0 Å². The number of carboxylic acid groups (broad SMARTS) is 1. The summed E-state index contributed by atoms with van der Waals surface area (Å²) in [7, 11) is 0. The van der Waals surface area contributed by atoms with Crippen LogP contribution in [0.4, 0.5) is 43.4 Å². The Labute approximate surface area is 799 Å². The highest BCUT2D eigenvalue weighted by Crippen LogP contribution is 2.40. The third kappa shape index (κ3) is 25.0. The number of aliphatic carboxylic acids is 1. The number of benzene rings is 4. The Morgan fingerprint density at radius 2 is 0.806 bits per heavy atom. The highest BCUT2D eigenvalue weighted by atomic mass is 19.1. The van der Waals surface area contributed by atoms with Gasteiger partial charge in [-0.3, -0.25) is 68.4 Å². The Bertz CT molecular complexity index is 6040. The van der Waals surface area contributed by atoms with Gasteiger partial charge in [-0.15, -0.1) is 10.2 Å². The molecule has 0 aliphatic carbocycles. The molecule has 4 aromatic carbocycles. The zero-order valence-electron chi connectivity index (χ0n) is 77.0. The summed E-state index contributed by atoms with van der Waals surface area (Å²) in [6.07, 6.45) is 8.17. The molecule has 6 aromatic heterocycles. The number of piperidine rings is 2. The van der Waals surface area contributed by atoms with Gasteiger partial charge in [-0.2, -0.15) is 0 Å². The summed E-state index contributed by atoms with van der Waals surface area (Å²) in [5.41, 5.74) is 8.79. The van der Waals surface area contributed by atoms with E-state index in [9.17, 15) is 56.7 Å². The summed E-state index contributed by atoms with van der Waals surface area (Å²) in [5, 5.41) is 32.5. The third-order valence-electron chi connectivity index (χ3n) is 24.8. The Morgan fingerprint density at radius 1 is 0.403 bits per heavy atom. The molecule has 732 valence electrons. The number of rotatable bonds is 42. The summed E-state index contributed by atoms with van der Waals surface area (Å²) in [6, 6.07) is 41.4. The van der Waals surface area contributed by atoms with Crippen molar-refractivity contribution in [3.63, 3.8) is 0 Å². The van der Waals surface area contributed by atoms with Crippen LogP contribution in [0.25, 0.3) is 34.1 Å². The number of fused-ring (bicyclic) bond motifs is 4. The van der Waals surface area contributed by atoms with Crippen LogP contribution in [0.15, 0.2) is 158 Å². The lowest BCUT2D eigenvalue weighted by molar-refractivity contribution is -0.139. The molecule has 0 bridgehead atoms. The largest absolute Gasteiger partial charge is 0.481 e. The minimum atomic E-state index is -1.01. The first-order valence-corrected chi connectivity index (χ1v) is 47.1. The number of piperazine rings is 2. The molecule has 39 nitrogen and oxygen atoms in total. The summed E-state index contributed by atoms with van der Waals surface area (Å²) in [6.45, 7) is 14.7. The maximum absolute atomic E-state index is 14.1. The number of halogens is 2. The molecule has 139 heavy (non-hydrogen) atoms. The highest BCUT2D eigenvalue weighted by Gasteiger charge is 2.47. The van der Waals surface area contributed by atoms with Crippen molar-refractivity contribution in [1.29, 1.82) is 0 Å². The fraction of sp³-hybridized carbons (Fsp3) is 0.429. The minimum absolute atomic E-state index is 0.0299. The van der Waals surface area contributed by atoms with Gasteiger partial charge in [0.15, 0.2) is 11.3 Å². The molecule has 8 aliphatic rings. The van der Waals surface area contributed by atoms with Gasteiger partial charge in [-0.1, -0.05) is 36.4 Å². The van der Waals surface area contributed by atoms with Crippen LogP contribution < -0.4 is 46.2 Å². The van der Waals surface area contributed by atoms with Crippen LogP contribution in [0.3, 0.4) is 0 Å². The number of aromatic nitrogens is 8. The van der Waals surface area contributed by atoms with Crippen LogP contribution in [-0.4, -0.2) is 314 Å².